The fourth-order valence-corrected chi connectivity index (χ4v) is 1.98. The average molecular weight is 364 g/mol. The highest BCUT2D eigenvalue weighted by atomic mass is 127. The van der Waals surface area contributed by atoms with Crippen LogP contribution in [0, 0.1) is 12.3 Å². The van der Waals surface area contributed by atoms with Crippen molar-refractivity contribution in [2.45, 2.75) is 58.3 Å². The largest absolute Gasteiger partial charge is 0.352 e. The van der Waals surface area contributed by atoms with Gasteiger partial charge in [0.15, 0.2) is 6.29 Å². The van der Waals surface area contributed by atoms with Gasteiger partial charge in [0.2, 0.25) is 0 Å². The molecule has 0 aliphatic heterocycles. The molecule has 0 fully saturated rings. The maximum atomic E-state index is 5.66. The SMILES string of the molecule is C#CC(/C=C/CCCCCC)OC(CI)OCC. The molecule has 0 heterocycles. The van der Waals surface area contributed by atoms with Gasteiger partial charge in [-0.3, -0.25) is 0 Å². The maximum absolute atomic E-state index is 5.66. The van der Waals surface area contributed by atoms with Gasteiger partial charge in [-0.1, -0.05) is 60.8 Å². The van der Waals surface area contributed by atoms with Gasteiger partial charge in [-0.25, -0.2) is 0 Å². The van der Waals surface area contributed by atoms with Crippen LogP contribution in [0.5, 0.6) is 0 Å². The molecule has 0 saturated heterocycles. The third-order valence-electron chi connectivity index (χ3n) is 2.48. The van der Waals surface area contributed by atoms with Crippen molar-refractivity contribution in [2.24, 2.45) is 0 Å². The molecule has 18 heavy (non-hydrogen) atoms. The highest BCUT2D eigenvalue weighted by molar-refractivity contribution is 14.1. The lowest BCUT2D eigenvalue weighted by Crippen LogP contribution is -2.24. The third-order valence-corrected chi connectivity index (χ3v) is 3.20. The van der Waals surface area contributed by atoms with Crippen molar-refractivity contribution in [3.8, 4) is 12.3 Å². The molecule has 0 saturated carbocycles. The molecule has 2 unspecified atom stereocenters. The molecule has 0 aromatic heterocycles. The topological polar surface area (TPSA) is 18.5 Å². The number of hydrogen-bond donors (Lipinski definition) is 0. The van der Waals surface area contributed by atoms with Crippen molar-refractivity contribution >= 4 is 22.6 Å². The number of rotatable bonds is 11. The molecule has 0 aromatic carbocycles. The van der Waals surface area contributed by atoms with E-state index >= 15 is 0 Å². The fraction of sp³-hybridized carbons (Fsp3) is 0.733. The molecule has 0 rings (SSSR count). The summed E-state index contributed by atoms with van der Waals surface area (Å²) in [5, 5.41) is 0. The molecule has 0 bridgehead atoms. The number of alkyl halides is 1. The Morgan fingerprint density at radius 2 is 2.06 bits per heavy atom. The highest BCUT2D eigenvalue weighted by Crippen LogP contribution is 2.07. The van der Waals surface area contributed by atoms with Gasteiger partial charge < -0.3 is 9.47 Å². The minimum Gasteiger partial charge on any atom is -0.352 e. The van der Waals surface area contributed by atoms with Crippen LogP contribution in [-0.4, -0.2) is 23.4 Å². The standard InChI is InChI=1S/C15H25IO2/c1-4-7-8-9-10-11-12-14(5-2)18-15(13-16)17-6-3/h2,11-12,14-15H,4,6-10,13H2,1,3H3/b12-11+. The minimum atomic E-state index is -0.275. The summed E-state index contributed by atoms with van der Waals surface area (Å²) in [5.74, 6) is 2.63. The molecule has 0 aromatic rings. The Labute approximate surface area is 126 Å². The normalized spacial score (nSPS) is 14.6. The molecular weight excluding hydrogens is 339 g/mol. The van der Waals surface area contributed by atoms with Crippen LogP contribution in [0.4, 0.5) is 0 Å². The quantitative estimate of drug-likeness (QED) is 0.136. The predicted octanol–water partition coefficient (Wildman–Crippen LogP) is 4.33. The van der Waals surface area contributed by atoms with E-state index in [4.69, 9.17) is 15.9 Å². The number of halogens is 1. The summed E-state index contributed by atoms with van der Waals surface area (Å²) in [5.41, 5.74) is 0. The second-order valence-corrected chi connectivity index (χ2v) is 4.92. The average Bonchev–Trinajstić information content (AvgIpc) is 2.40. The first-order valence-corrected chi connectivity index (χ1v) is 8.26. The van der Waals surface area contributed by atoms with E-state index in [2.05, 4.69) is 41.5 Å². The third kappa shape index (κ3) is 9.93. The minimum absolute atomic E-state index is 0.207. The monoisotopic (exact) mass is 364 g/mol. The van der Waals surface area contributed by atoms with Crippen molar-refractivity contribution in [2.75, 3.05) is 11.0 Å². The van der Waals surface area contributed by atoms with Gasteiger partial charge in [-0.15, -0.1) is 6.42 Å². The summed E-state index contributed by atoms with van der Waals surface area (Å²) in [7, 11) is 0. The Morgan fingerprint density at radius 1 is 1.28 bits per heavy atom. The van der Waals surface area contributed by atoms with E-state index in [0.717, 1.165) is 10.8 Å². The molecule has 0 amide bonds. The first-order chi connectivity index (χ1) is 8.78. The van der Waals surface area contributed by atoms with Crippen LogP contribution in [0.3, 0.4) is 0 Å². The second-order valence-electron chi connectivity index (χ2n) is 4.04. The molecule has 104 valence electrons. The van der Waals surface area contributed by atoms with E-state index in [1.165, 1.54) is 25.7 Å². The molecule has 0 spiro atoms. The summed E-state index contributed by atoms with van der Waals surface area (Å²) < 4.78 is 11.9. The molecule has 2 nitrogen and oxygen atoms in total. The van der Waals surface area contributed by atoms with Gasteiger partial charge in [-0.2, -0.15) is 0 Å². The van der Waals surface area contributed by atoms with Crippen molar-refractivity contribution in [3.63, 3.8) is 0 Å². The zero-order valence-corrected chi connectivity index (χ0v) is 13.7. The van der Waals surface area contributed by atoms with E-state index in [9.17, 15) is 0 Å². The number of terminal acetylenes is 1. The van der Waals surface area contributed by atoms with Gasteiger partial charge in [0.05, 0.1) is 4.43 Å². The zero-order valence-electron chi connectivity index (χ0n) is 11.5. The lowest BCUT2D eigenvalue weighted by molar-refractivity contribution is -0.128. The molecule has 0 aliphatic rings. The smallest absolute Gasteiger partial charge is 0.168 e. The van der Waals surface area contributed by atoms with E-state index in [1.54, 1.807) is 0 Å². The molecule has 0 radical (unpaired) electrons. The number of hydrogen-bond acceptors (Lipinski definition) is 2. The van der Waals surface area contributed by atoms with E-state index in [0.29, 0.717) is 6.61 Å². The molecular formula is C15H25IO2. The summed E-state index contributed by atoms with van der Waals surface area (Å²) in [6.07, 6.45) is 15.2. The lowest BCUT2D eigenvalue weighted by Gasteiger charge is -2.17. The van der Waals surface area contributed by atoms with Crippen LogP contribution in [0.1, 0.15) is 46.0 Å². The Hall–Kier alpha value is -0.0500. The van der Waals surface area contributed by atoms with Crippen LogP contribution in [0.25, 0.3) is 0 Å². The van der Waals surface area contributed by atoms with Gasteiger partial charge >= 0.3 is 0 Å². The summed E-state index contributed by atoms with van der Waals surface area (Å²) in [4.78, 5) is 0. The fourth-order valence-electron chi connectivity index (χ4n) is 1.52. The molecule has 3 heteroatoms. The second kappa shape index (κ2) is 13.4. The van der Waals surface area contributed by atoms with Crippen molar-refractivity contribution in [3.05, 3.63) is 12.2 Å². The van der Waals surface area contributed by atoms with Crippen molar-refractivity contribution < 1.29 is 9.47 Å². The summed E-state index contributed by atoms with van der Waals surface area (Å²) in [6.45, 7) is 4.82. The van der Waals surface area contributed by atoms with E-state index < -0.39 is 0 Å². The molecule has 0 aliphatic carbocycles. The predicted molar refractivity (Wildman–Crippen MR) is 85.9 cm³/mol. The molecule has 0 N–H and O–H groups in total. The van der Waals surface area contributed by atoms with Gasteiger partial charge in [0.25, 0.3) is 0 Å². The maximum Gasteiger partial charge on any atom is 0.168 e. The van der Waals surface area contributed by atoms with Gasteiger partial charge in [0.1, 0.15) is 6.10 Å². The Kier molecular flexibility index (Phi) is 13.3. The lowest BCUT2D eigenvalue weighted by atomic mass is 10.1. The summed E-state index contributed by atoms with van der Waals surface area (Å²) >= 11 is 2.24. The first-order valence-electron chi connectivity index (χ1n) is 6.74. The van der Waals surface area contributed by atoms with Crippen LogP contribution < -0.4 is 0 Å². The van der Waals surface area contributed by atoms with E-state index in [-0.39, 0.29) is 12.4 Å². The van der Waals surface area contributed by atoms with Gasteiger partial charge in [-0.05, 0) is 25.8 Å². The zero-order chi connectivity index (χ0) is 13.6. The number of ether oxygens (including phenoxy) is 2. The Balaban J connectivity index is 3.87. The first kappa shape index (κ1) is 17.9. The Bertz CT molecular complexity index is 245. The van der Waals surface area contributed by atoms with Crippen LogP contribution in [-0.2, 0) is 9.47 Å². The van der Waals surface area contributed by atoms with Crippen molar-refractivity contribution in [1.29, 1.82) is 0 Å². The molecule has 2 atom stereocenters. The Morgan fingerprint density at radius 3 is 2.61 bits per heavy atom. The van der Waals surface area contributed by atoms with E-state index in [1.807, 2.05) is 13.0 Å². The number of allylic oxidation sites excluding steroid dienone is 1. The van der Waals surface area contributed by atoms with Gasteiger partial charge in [0, 0.05) is 6.61 Å². The number of unbranched alkanes of at least 4 members (excludes halogenated alkanes) is 4. The van der Waals surface area contributed by atoms with Crippen LogP contribution in [0.15, 0.2) is 12.2 Å². The summed E-state index contributed by atoms with van der Waals surface area (Å²) in [6, 6.07) is 0. The van der Waals surface area contributed by atoms with Crippen LogP contribution in [0.2, 0.25) is 0 Å². The van der Waals surface area contributed by atoms with Crippen LogP contribution >= 0.6 is 22.6 Å². The highest BCUT2D eigenvalue weighted by Gasteiger charge is 2.11. The van der Waals surface area contributed by atoms with Crippen molar-refractivity contribution in [1.82, 2.24) is 0 Å².